The molecule has 0 bridgehead atoms. The standard InChI is InChI=1S/C21H16F3NO3.C14H11F6NO/c1-12-9-14(20(26)27)3-6-16(12)13-4-7-18(28-2)17(10-13)15-5-8-19(25-11-15)21(22,23)24;15-13(16,17)8-4-7(5-9(6-8)14(18,19)20)12-10-2-1-3-11(10)21-22-12/h3-11H,1-2H3,(H,26,27);4-6,10,12H,1-3H2. The van der Waals surface area contributed by atoms with Gasteiger partial charge in [-0.2, -0.15) is 39.5 Å². The number of ether oxygens (including phenoxy) is 1. The van der Waals surface area contributed by atoms with Gasteiger partial charge in [0.2, 0.25) is 0 Å². The molecule has 6 rings (SSSR count). The number of rotatable bonds is 5. The van der Waals surface area contributed by atoms with Gasteiger partial charge in [-0.25, -0.2) is 4.79 Å². The van der Waals surface area contributed by atoms with E-state index in [2.05, 4.69) is 10.1 Å². The summed E-state index contributed by atoms with van der Waals surface area (Å²) in [4.78, 5) is 19.7. The van der Waals surface area contributed by atoms with Gasteiger partial charge >= 0.3 is 24.5 Å². The molecule has 264 valence electrons. The molecule has 50 heavy (non-hydrogen) atoms. The van der Waals surface area contributed by atoms with E-state index in [0.29, 0.717) is 29.7 Å². The van der Waals surface area contributed by atoms with E-state index in [1.54, 1.807) is 31.2 Å². The number of carboxylic acids is 1. The first kappa shape index (κ1) is 36.2. The number of alkyl halides is 9. The summed E-state index contributed by atoms with van der Waals surface area (Å²) in [5.74, 6) is -0.754. The van der Waals surface area contributed by atoms with Crippen LogP contribution in [-0.4, -0.2) is 28.9 Å². The molecule has 15 heteroatoms. The zero-order valence-corrected chi connectivity index (χ0v) is 26.2. The molecular formula is C35H27F9N2O4. The highest BCUT2D eigenvalue weighted by atomic mass is 19.4. The first-order valence-electron chi connectivity index (χ1n) is 14.9. The van der Waals surface area contributed by atoms with Crippen molar-refractivity contribution in [2.45, 2.75) is 50.8 Å². The van der Waals surface area contributed by atoms with E-state index in [4.69, 9.17) is 14.7 Å². The van der Waals surface area contributed by atoms with E-state index >= 15 is 0 Å². The minimum absolute atomic E-state index is 0.120. The Labute approximate surface area is 279 Å². The molecule has 1 saturated carbocycles. The monoisotopic (exact) mass is 710 g/mol. The van der Waals surface area contributed by atoms with E-state index < -0.39 is 47.4 Å². The molecule has 0 spiro atoms. The number of carbonyl (C=O) groups is 1. The fourth-order valence-electron chi connectivity index (χ4n) is 5.87. The molecule has 4 aromatic rings. The van der Waals surface area contributed by atoms with Crippen LogP contribution in [0.1, 0.15) is 63.7 Å². The number of methoxy groups -OCH3 is 1. The van der Waals surface area contributed by atoms with Gasteiger partial charge < -0.3 is 14.7 Å². The second-order valence-electron chi connectivity index (χ2n) is 11.6. The summed E-state index contributed by atoms with van der Waals surface area (Å²) in [6.45, 7) is 1.80. The highest BCUT2D eigenvalue weighted by molar-refractivity contribution is 5.90. The molecule has 1 fully saturated rings. The maximum Gasteiger partial charge on any atom is 0.433 e. The predicted molar refractivity (Wildman–Crippen MR) is 163 cm³/mol. The van der Waals surface area contributed by atoms with Crippen molar-refractivity contribution in [2.75, 3.05) is 7.11 Å². The molecule has 6 nitrogen and oxygen atoms in total. The number of hydrogen-bond donors (Lipinski definition) is 1. The van der Waals surface area contributed by atoms with Crippen molar-refractivity contribution in [3.63, 3.8) is 0 Å². The summed E-state index contributed by atoms with van der Waals surface area (Å²) in [6.07, 6.45) is -11.8. The number of fused-ring (bicyclic) bond motifs is 1. The molecule has 1 aromatic heterocycles. The number of aromatic carboxylic acids is 1. The van der Waals surface area contributed by atoms with Crippen LogP contribution in [0.15, 0.2) is 78.1 Å². The number of benzene rings is 3. The lowest BCUT2D eigenvalue weighted by atomic mass is 9.91. The molecule has 2 unspecified atom stereocenters. The Balaban J connectivity index is 0.000000200. The van der Waals surface area contributed by atoms with E-state index in [-0.39, 0.29) is 23.1 Å². The van der Waals surface area contributed by atoms with E-state index in [1.807, 2.05) is 6.07 Å². The third-order valence-corrected chi connectivity index (χ3v) is 8.31. The van der Waals surface area contributed by atoms with Gasteiger partial charge in [0, 0.05) is 23.2 Å². The van der Waals surface area contributed by atoms with E-state index in [9.17, 15) is 44.3 Å². The molecule has 1 N–H and O–H groups in total. The van der Waals surface area contributed by atoms with Crippen LogP contribution in [0.5, 0.6) is 5.75 Å². The topological polar surface area (TPSA) is 81.0 Å². The zero-order chi connectivity index (χ0) is 36.6. The summed E-state index contributed by atoms with van der Waals surface area (Å²) in [6, 6.07) is 13.9. The Kier molecular flexibility index (Phi) is 9.90. The fourth-order valence-corrected chi connectivity index (χ4v) is 5.87. The lowest BCUT2D eigenvalue weighted by Crippen LogP contribution is -2.16. The van der Waals surface area contributed by atoms with Crippen molar-refractivity contribution in [3.05, 3.63) is 106 Å². The van der Waals surface area contributed by atoms with Crippen LogP contribution in [0, 0.1) is 12.8 Å². The number of halogens is 9. The Hall–Kier alpha value is -5.08. The van der Waals surface area contributed by atoms with Crippen LogP contribution in [0.4, 0.5) is 39.5 Å². The van der Waals surface area contributed by atoms with Crippen molar-refractivity contribution in [3.8, 4) is 28.0 Å². The highest BCUT2D eigenvalue weighted by Crippen LogP contribution is 2.45. The van der Waals surface area contributed by atoms with Gasteiger partial charge in [-0.1, -0.05) is 23.4 Å². The number of oxime groups is 1. The third kappa shape index (κ3) is 7.87. The van der Waals surface area contributed by atoms with Gasteiger partial charge in [0.1, 0.15) is 11.4 Å². The van der Waals surface area contributed by atoms with Crippen molar-refractivity contribution >= 4 is 11.7 Å². The second kappa shape index (κ2) is 13.7. The summed E-state index contributed by atoms with van der Waals surface area (Å²) < 4.78 is 121. The molecule has 0 radical (unpaired) electrons. The lowest BCUT2D eigenvalue weighted by molar-refractivity contribution is -0.143. The van der Waals surface area contributed by atoms with Gasteiger partial charge in [-0.3, -0.25) is 4.98 Å². The van der Waals surface area contributed by atoms with Crippen molar-refractivity contribution < 1.29 is 59.0 Å². The average Bonchev–Trinajstić information content (AvgIpc) is 3.68. The molecule has 0 amide bonds. The maximum absolute atomic E-state index is 12.9. The van der Waals surface area contributed by atoms with Gasteiger partial charge in [0.15, 0.2) is 6.10 Å². The van der Waals surface area contributed by atoms with Crippen LogP contribution in [0.3, 0.4) is 0 Å². The number of aryl methyl sites for hydroxylation is 1. The van der Waals surface area contributed by atoms with Crippen LogP contribution in [0.2, 0.25) is 0 Å². The van der Waals surface area contributed by atoms with Gasteiger partial charge in [0.25, 0.3) is 0 Å². The molecular weight excluding hydrogens is 683 g/mol. The van der Waals surface area contributed by atoms with Crippen molar-refractivity contribution in [2.24, 2.45) is 11.1 Å². The smallest absolute Gasteiger partial charge is 0.433 e. The first-order chi connectivity index (χ1) is 23.4. The summed E-state index contributed by atoms with van der Waals surface area (Å²) in [5.41, 5.74) is 0.576. The average molecular weight is 711 g/mol. The minimum atomic E-state index is -4.85. The number of nitrogens with zero attached hydrogens (tertiary/aromatic N) is 2. The van der Waals surface area contributed by atoms with E-state index in [1.165, 1.54) is 19.2 Å². The normalized spacial score (nSPS) is 17.3. The van der Waals surface area contributed by atoms with Crippen LogP contribution in [0.25, 0.3) is 22.3 Å². The lowest BCUT2D eigenvalue weighted by Gasteiger charge is -2.19. The quantitative estimate of drug-likeness (QED) is 0.209. The Morgan fingerprint density at radius 2 is 1.48 bits per heavy atom. The molecule has 2 atom stereocenters. The van der Waals surface area contributed by atoms with Gasteiger partial charge in [0.05, 0.1) is 29.5 Å². The number of pyridine rings is 1. The predicted octanol–water partition coefficient (Wildman–Crippen LogP) is 10.4. The zero-order valence-electron chi connectivity index (χ0n) is 26.2. The van der Waals surface area contributed by atoms with Crippen LogP contribution in [-0.2, 0) is 23.4 Å². The Morgan fingerprint density at radius 3 is 2.02 bits per heavy atom. The second-order valence-corrected chi connectivity index (χ2v) is 11.6. The van der Waals surface area contributed by atoms with Gasteiger partial charge in [-0.15, -0.1) is 0 Å². The molecule has 3 aromatic carbocycles. The summed E-state index contributed by atoms with van der Waals surface area (Å²) in [7, 11) is 1.48. The molecule has 2 aliphatic rings. The fraction of sp³-hybridized carbons (Fsp3) is 0.286. The minimum Gasteiger partial charge on any atom is -0.496 e. The van der Waals surface area contributed by atoms with Crippen LogP contribution < -0.4 is 4.74 Å². The first-order valence-corrected chi connectivity index (χ1v) is 14.9. The third-order valence-electron chi connectivity index (χ3n) is 8.31. The molecule has 0 saturated heterocycles. The summed E-state index contributed by atoms with van der Waals surface area (Å²) >= 11 is 0. The maximum atomic E-state index is 12.9. The molecule has 1 aliphatic carbocycles. The highest BCUT2D eigenvalue weighted by Gasteiger charge is 2.42. The molecule has 2 heterocycles. The number of carboxylic acid groups (broad SMARTS) is 1. The van der Waals surface area contributed by atoms with Gasteiger partial charge in [-0.05, 0) is 97.0 Å². The molecule has 1 aliphatic heterocycles. The van der Waals surface area contributed by atoms with E-state index in [0.717, 1.165) is 53.2 Å². The number of aromatic nitrogens is 1. The SMILES string of the molecule is COc1ccc(-c2ccc(C(=O)O)cc2C)cc1-c1ccc(C(F)(F)F)nc1.FC(F)(F)c1cc(C2ON=C3CCCC32)cc(C(F)(F)F)c1. The van der Waals surface area contributed by atoms with Crippen molar-refractivity contribution in [1.29, 1.82) is 0 Å². The Morgan fingerprint density at radius 1 is 0.820 bits per heavy atom. The van der Waals surface area contributed by atoms with Crippen molar-refractivity contribution in [1.82, 2.24) is 4.98 Å². The Bertz CT molecular complexity index is 1890. The summed E-state index contributed by atoms with van der Waals surface area (Å²) in [5, 5.41) is 12.9. The largest absolute Gasteiger partial charge is 0.496 e. The van der Waals surface area contributed by atoms with Crippen LogP contribution >= 0.6 is 0 Å². The number of hydrogen-bond acceptors (Lipinski definition) is 5.